The summed E-state index contributed by atoms with van der Waals surface area (Å²) >= 11 is 5.56. The number of rotatable bonds is 17. The van der Waals surface area contributed by atoms with E-state index in [4.69, 9.17) is 18.0 Å². The van der Waals surface area contributed by atoms with Crippen molar-refractivity contribution in [3.05, 3.63) is 34.9 Å². The van der Waals surface area contributed by atoms with Crippen LogP contribution in [-0.4, -0.2) is 4.99 Å². The standard InChI is InChI=1S/C28H49NS/c1-6-7-8-9-10-11-12-13-14-15-16-17-19-26(28(29)30)27-24(22(2)3)20-18-21-25(27)23(4)5/h18,20-23,26H,6-17,19H2,1-5H3,(H2,29,30). The molecule has 1 atom stereocenters. The van der Waals surface area contributed by atoms with Crippen LogP contribution in [0.2, 0.25) is 0 Å². The van der Waals surface area contributed by atoms with Gasteiger partial charge in [0, 0.05) is 5.92 Å². The topological polar surface area (TPSA) is 26.0 Å². The van der Waals surface area contributed by atoms with Crippen LogP contribution in [-0.2, 0) is 0 Å². The molecular formula is C28H49NS. The molecule has 0 radical (unpaired) electrons. The predicted molar refractivity (Wildman–Crippen MR) is 140 cm³/mol. The molecule has 0 saturated heterocycles. The fourth-order valence-electron chi connectivity index (χ4n) is 4.63. The van der Waals surface area contributed by atoms with Crippen LogP contribution in [0, 0.1) is 0 Å². The van der Waals surface area contributed by atoms with Gasteiger partial charge in [-0.2, -0.15) is 0 Å². The van der Waals surface area contributed by atoms with E-state index in [9.17, 15) is 0 Å². The quantitative estimate of drug-likeness (QED) is 0.196. The van der Waals surface area contributed by atoms with Crippen LogP contribution in [0.3, 0.4) is 0 Å². The highest BCUT2D eigenvalue weighted by atomic mass is 32.1. The zero-order valence-corrected chi connectivity index (χ0v) is 21.5. The molecule has 0 heterocycles. The zero-order chi connectivity index (χ0) is 22.4. The third-order valence-corrected chi connectivity index (χ3v) is 6.74. The van der Waals surface area contributed by atoms with Gasteiger partial charge >= 0.3 is 0 Å². The number of benzene rings is 1. The van der Waals surface area contributed by atoms with E-state index in [2.05, 4.69) is 52.8 Å². The highest BCUT2D eigenvalue weighted by Gasteiger charge is 2.23. The summed E-state index contributed by atoms with van der Waals surface area (Å²) in [6, 6.07) is 6.76. The Morgan fingerprint density at radius 1 is 0.733 bits per heavy atom. The second kappa shape index (κ2) is 15.8. The van der Waals surface area contributed by atoms with Crippen LogP contribution in [0.25, 0.3) is 0 Å². The summed E-state index contributed by atoms with van der Waals surface area (Å²) in [7, 11) is 0. The minimum absolute atomic E-state index is 0.221. The van der Waals surface area contributed by atoms with Gasteiger partial charge in [-0.3, -0.25) is 0 Å². The van der Waals surface area contributed by atoms with E-state index < -0.39 is 0 Å². The largest absolute Gasteiger partial charge is 0.393 e. The van der Waals surface area contributed by atoms with Crippen LogP contribution in [0.1, 0.15) is 153 Å². The van der Waals surface area contributed by atoms with Gasteiger partial charge in [-0.05, 0) is 34.9 Å². The summed E-state index contributed by atoms with van der Waals surface area (Å²) in [6.45, 7) is 11.4. The third-order valence-electron chi connectivity index (χ3n) is 6.46. The second-order valence-corrected chi connectivity index (χ2v) is 10.3. The second-order valence-electron chi connectivity index (χ2n) is 9.79. The summed E-state index contributed by atoms with van der Waals surface area (Å²) in [5.74, 6) is 1.22. The molecule has 0 fully saturated rings. The third kappa shape index (κ3) is 9.94. The van der Waals surface area contributed by atoms with Crippen molar-refractivity contribution in [2.24, 2.45) is 5.73 Å². The molecular weight excluding hydrogens is 382 g/mol. The molecule has 1 unspecified atom stereocenters. The summed E-state index contributed by atoms with van der Waals surface area (Å²) in [5, 5.41) is 0. The highest BCUT2D eigenvalue weighted by molar-refractivity contribution is 7.80. The Balaban J connectivity index is 2.45. The number of thiocarbonyl (C=S) groups is 1. The Hall–Kier alpha value is -0.890. The lowest BCUT2D eigenvalue weighted by Gasteiger charge is -2.26. The number of hydrogen-bond donors (Lipinski definition) is 1. The number of unbranched alkanes of at least 4 members (excludes halogenated alkanes) is 11. The van der Waals surface area contributed by atoms with Crippen molar-refractivity contribution in [2.45, 2.75) is 136 Å². The van der Waals surface area contributed by atoms with E-state index in [-0.39, 0.29) is 5.92 Å². The van der Waals surface area contributed by atoms with Gasteiger partial charge in [0.25, 0.3) is 0 Å². The number of nitrogens with two attached hydrogens (primary N) is 1. The van der Waals surface area contributed by atoms with Crippen LogP contribution in [0.15, 0.2) is 18.2 Å². The highest BCUT2D eigenvalue weighted by Crippen LogP contribution is 2.36. The lowest BCUT2D eigenvalue weighted by molar-refractivity contribution is 0.536. The van der Waals surface area contributed by atoms with E-state index in [1.165, 1.54) is 93.7 Å². The lowest BCUT2D eigenvalue weighted by Crippen LogP contribution is -2.22. The van der Waals surface area contributed by atoms with Crippen LogP contribution < -0.4 is 5.73 Å². The fourth-order valence-corrected chi connectivity index (χ4v) is 4.86. The molecule has 172 valence electrons. The summed E-state index contributed by atoms with van der Waals surface area (Å²) in [4.78, 5) is 0.674. The Bertz CT molecular complexity index is 564. The van der Waals surface area contributed by atoms with E-state index in [0.29, 0.717) is 16.8 Å². The first-order chi connectivity index (χ1) is 14.4. The molecule has 1 aromatic rings. The molecule has 0 saturated carbocycles. The maximum absolute atomic E-state index is 6.28. The summed E-state index contributed by atoms with van der Waals surface area (Å²) < 4.78 is 0. The predicted octanol–water partition coefficient (Wildman–Crippen LogP) is 9.39. The fraction of sp³-hybridized carbons (Fsp3) is 0.750. The van der Waals surface area contributed by atoms with Gasteiger partial charge in [-0.1, -0.05) is 142 Å². The Morgan fingerprint density at radius 2 is 1.13 bits per heavy atom. The number of hydrogen-bond acceptors (Lipinski definition) is 1. The molecule has 0 aromatic heterocycles. The lowest BCUT2D eigenvalue weighted by atomic mass is 9.80. The van der Waals surface area contributed by atoms with Gasteiger partial charge in [0.05, 0.1) is 4.99 Å². The minimum atomic E-state index is 0.221. The maximum atomic E-state index is 6.28. The molecule has 0 bridgehead atoms. The van der Waals surface area contributed by atoms with Crippen molar-refractivity contribution in [3.63, 3.8) is 0 Å². The van der Waals surface area contributed by atoms with Gasteiger partial charge in [0.1, 0.15) is 0 Å². The van der Waals surface area contributed by atoms with Gasteiger partial charge in [-0.15, -0.1) is 0 Å². The van der Waals surface area contributed by atoms with Gasteiger partial charge < -0.3 is 5.73 Å². The molecule has 0 aliphatic carbocycles. The zero-order valence-electron chi connectivity index (χ0n) is 20.6. The molecule has 30 heavy (non-hydrogen) atoms. The maximum Gasteiger partial charge on any atom is 0.0803 e. The van der Waals surface area contributed by atoms with E-state index in [1.54, 1.807) is 0 Å². The first-order valence-electron chi connectivity index (χ1n) is 12.8. The molecule has 0 amide bonds. The molecule has 2 N–H and O–H groups in total. The summed E-state index contributed by atoms with van der Waals surface area (Å²) in [6.07, 6.45) is 17.7. The van der Waals surface area contributed by atoms with E-state index in [1.807, 2.05) is 0 Å². The van der Waals surface area contributed by atoms with Crippen molar-refractivity contribution in [2.75, 3.05) is 0 Å². The first kappa shape index (κ1) is 27.1. The van der Waals surface area contributed by atoms with Crippen molar-refractivity contribution in [1.29, 1.82) is 0 Å². The van der Waals surface area contributed by atoms with Crippen LogP contribution in [0.4, 0.5) is 0 Å². The summed E-state index contributed by atoms with van der Waals surface area (Å²) in [5.41, 5.74) is 10.6. The molecule has 1 nitrogen and oxygen atoms in total. The van der Waals surface area contributed by atoms with Crippen molar-refractivity contribution >= 4 is 17.2 Å². The minimum Gasteiger partial charge on any atom is -0.393 e. The van der Waals surface area contributed by atoms with E-state index in [0.717, 1.165) is 6.42 Å². The molecule has 1 rings (SSSR count). The van der Waals surface area contributed by atoms with Gasteiger partial charge in [0.15, 0.2) is 0 Å². The van der Waals surface area contributed by atoms with Crippen molar-refractivity contribution in [1.82, 2.24) is 0 Å². The first-order valence-corrected chi connectivity index (χ1v) is 13.2. The SMILES string of the molecule is CCCCCCCCCCCCCCC(C(N)=S)c1c(C(C)C)cccc1C(C)C. The smallest absolute Gasteiger partial charge is 0.0803 e. The molecule has 0 aliphatic heterocycles. The average Bonchev–Trinajstić information content (AvgIpc) is 2.70. The Morgan fingerprint density at radius 3 is 1.50 bits per heavy atom. The molecule has 0 aliphatic rings. The van der Waals surface area contributed by atoms with Gasteiger partial charge in [0.2, 0.25) is 0 Å². The van der Waals surface area contributed by atoms with Crippen molar-refractivity contribution in [3.8, 4) is 0 Å². The Labute approximate surface area is 193 Å². The van der Waals surface area contributed by atoms with Crippen LogP contribution in [0.5, 0.6) is 0 Å². The molecule has 0 spiro atoms. The molecule has 1 aromatic carbocycles. The van der Waals surface area contributed by atoms with Crippen LogP contribution >= 0.6 is 12.2 Å². The molecule has 2 heteroatoms. The van der Waals surface area contributed by atoms with E-state index >= 15 is 0 Å². The van der Waals surface area contributed by atoms with Gasteiger partial charge in [-0.25, -0.2) is 0 Å². The monoisotopic (exact) mass is 431 g/mol. The Kier molecular flexibility index (Phi) is 14.3. The average molecular weight is 432 g/mol. The van der Waals surface area contributed by atoms with Crippen molar-refractivity contribution < 1.29 is 0 Å². The normalized spacial score (nSPS) is 12.6.